The predicted molar refractivity (Wildman–Crippen MR) is 288 cm³/mol. The van der Waals surface area contributed by atoms with Gasteiger partial charge in [-0.15, -0.1) is 0 Å². The maximum absolute atomic E-state index is 12.8. The van der Waals surface area contributed by atoms with Crippen molar-refractivity contribution in [1.82, 2.24) is 0 Å². The molecule has 1 unspecified atom stereocenters. The zero-order valence-electron chi connectivity index (χ0n) is 43.4. The lowest BCUT2D eigenvalue weighted by atomic mass is 10.1. The smallest absolute Gasteiger partial charge is 0.306 e. The third kappa shape index (κ3) is 52.9. The number of ether oxygens (including phenoxy) is 3. The number of hydrogen-bond acceptors (Lipinski definition) is 6. The van der Waals surface area contributed by atoms with E-state index in [0.29, 0.717) is 19.3 Å². The molecule has 0 saturated heterocycles. The van der Waals surface area contributed by atoms with Crippen LogP contribution in [0.15, 0.2) is 109 Å². The summed E-state index contributed by atoms with van der Waals surface area (Å²) in [6.07, 6.45) is 73.7. The third-order valence-corrected chi connectivity index (χ3v) is 11.3. The second-order valence-electron chi connectivity index (χ2n) is 17.8. The van der Waals surface area contributed by atoms with Crippen LogP contribution < -0.4 is 0 Å². The molecule has 0 aromatic heterocycles. The number of rotatable bonds is 48. The van der Waals surface area contributed by atoms with E-state index < -0.39 is 6.10 Å². The highest BCUT2D eigenvalue weighted by Gasteiger charge is 2.19. The minimum absolute atomic E-state index is 0.0996. The molecule has 0 amide bonds. The molecule has 380 valence electrons. The summed E-state index contributed by atoms with van der Waals surface area (Å²) >= 11 is 0. The first-order valence-corrected chi connectivity index (χ1v) is 27.4. The largest absolute Gasteiger partial charge is 0.462 e. The maximum Gasteiger partial charge on any atom is 0.306 e. The van der Waals surface area contributed by atoms with Crippen LogP contribution in [-0.2, 0) is 28.6 Å². The third-order valence-electron chi connectivity index (χ3n) is 11.3. The normalized spacial score (nSPS) is 12.9. The van der Waals surface area contributed by atoms with Crippen LogP contribution in [0.4, 0.5) is 0 Å². The first-order chi connectivity index (χ1) is 33.0. The van der Waals surface area contributed by atoms with Crippen molar-refractivity contribution in [1.29, 1.82) is 0 Å². The van der Waals surface area contributed by atoms with E-state index in [0.717, 1.165) is 103 Å². The second kappa shape index (κ2) is 54.7. The first-order valence-electron chi connectivity index (χ1n) is 27.4. The summed E-state index contributed by atoms with van der Waals surface area (Å²) in [7, 11) is 0. The zero-order valence-corrected chi connectivity index (χ0v) is 43.4. The zero-order chi connectivity index (χ0) is 48.6. The standard InChI is InChI=1S/C61H100O6/c1-4-7-10-13-16-19-21-23-25-27-28-29-30-31-32-34-35-37-39-42-45-48-51-54-60(63)66-57-58(56-65-59(62)53-50-47-44-41-18-15-12-9-6-3)67-61(64)55-52-49-46-43-40-38-36-33-26-24-22-20-17-14-11-8-5-2/h7,10,16-17,19-20,23-26,28-29,31-32,35,37,42,45,58H,4-6,8-9,11-15,18,21-22,27,30,33-34,36,38-41,43-44,46-57H2,1-3H3/b10-7-,19-16-,20-17-,25-23-,26-24-,29-28-,32-31-,37-35-,45-42-. The summed E-state index contributed by atoms with van der Waals surface area (Å²) in [4.78, 5) is 38.0. The van der Waals surface area contributed by atoms with Crippen LogP contribution in [-0.4, -0.2) is 37.2 Å². The topological polar surface area (TPSA) is 78.9 Å². The molecule has 0 aliphatic rings. The molecule has 0 fully saturated rings. The van der Waals surface area contributed by atoms with E-state index >= 15 is 0 Å². The molecule has 0 radical (unpaired) electrons. The van der Waals surface area contributed by atoms with Gasteiger partial charge in [-0.1, -0.05) is 226 Å². The Morgan fingerprint density at radius 3 is 1.00 bits per heavy atom. The lowest BCUT2D eigenvalue weighted by Gasteiger charge is -2.18. The molecule has 0 rings (SSSR count). The second-order valence-corrected chi connectivity index (χ2v) is 17.8. The van der Waals surface area contributed by atoms with Crippen molar-refractivity contribution in [3.05, 3.63) is 109 Å². The fourth-order valence-electron chi connectivity index (χ4n) is 7.17. The fourth-order valence-corrected chi connectivity index (χ4v) is 7.17. The lowest BCUT2D eigenvalue weighted by molar-refractivity contribution is -0.167. The Bertz CT molecular complexity index is 1390. The van der Waals surface area contributed by atoms with E-state index in [1.165, 1.54) is 89.9 Å². The van der Waals surface area contributed by atoms with Gasteiger partial charge in [0.05, 0.1) is 0 Å². The van der Waals surface area contributed by atoms with Gasteiger partial charge in [-0.2, -0.15) is 0 Å². The van der Waals surface area contributed by atoms with Gasteiger partial charge in [0.2, 0.25) is 0 Å². The van der Waals surface area contributed by atoms with E-state index in [2.05, 4.69) is 130 Å². The highest BCUT2D eigenvalue weighted by Crippen LogP contribution is 2.14. The fraction of sp³-hybridized carbons (Fsp3) is 0.656. The van der Waals surface area contributed by atoms with Gasteiger partial charge in [0, 0.05) is 19.3 Å². The Morgan fingerprint density at radius 1 is 0.313 bits per heavy atom. The predicted octanol–water partition coefficient (Wildman–Crippen LogP) is 18.3. The molecular formula is C61H100O6. The molecule has 0 N–H and O–H groups in total. The van der Waals surface area contributed by atoms with Crippen LogP contribution in [0.1, 0.15) is 239 Å². The number of carbonyl (C=O) groups excluding carboxylic acids is 3. The summed E-state index contributed by atoms with van der Waals surface area (Å²) in [5.41, 5.74) is 0. The van der Waals surface area contributed by atoms with E-state index in [1.807, 2.05) is 0 Å². The molecule has 0 aliphatic carbocycles. The summed E-state index contributed by atoms with van der Waals surface area (Å²) in [5.74, 6) is -0.975. The Balaban J connectivity index is 4.43. The van der Waals surface area contributed by atoms with Crippen LogP contribution in [0.3, 0.4) is 0 Å². The Morgan fingerprint density at radius 2 is 0.597 bits per heavy atom. The van der Waals surface area contributed by atoms with Crippen LogP contribution in [0.5, 0.6) is 0 Å². The number of hydrogen-bond donors (Lipinski definition) is 0. The van der Waals surface area contributed by atoms with E-state index in [9.17, 15) is 14.4 Å². The molecular weight excluding hydrogens is 829 g/mol. The van der Waals surface area contributed by atoms with Crippen LogP contribution >= 0.6 is 0 Å². The number of esters is 3. The van der Waals surface area contributed by atoms with Gasteiger partial charge >= 0.3 is 17.9 Å². The number of carbonyl (C=O) groups is 3. The first kappa shape index (κ1) is 63.1. The van der Waals surface area contributed by atoms with Gasteiger partial charge < -0.3 is 14.2 Å². The highest BCUT2D eigenvalue weighted by molar-refractivity contribution is 5.71. The van der Waals surface area contributed by atoms with Crippen LogP contribution in [0.2, 0.25) is 0 Å². The Labute approximate surface area is 412 Å². The van der Waals surface area contributed by atoms with Crippen molar-refractivity contribution in [2.24, 2.45) is 0 Å². The van der Waals surface area contributed by atoms with Crippen molar-refractivity contribution in [3.63, 3.8) is 0 Å². The number of unbranched alkanes of at least 4 members (excludes halogenated alkanes) is 19. The van der Waals surface area contributed by atoms with Crippen molar-refractivity contribution >= 4 is 17.9 Å². The quantitative estimate of drug-likeness (QED) is 0.0262. The van der Waals surface area contributed by atoms with Gasteiger partial charge in [0.15, 0.2) is 6.10 Å². The average molecular weight is 929 g/mol. The van der Waals surface area contributed by atoms with E-state index in [4.69, 9.17) is 14.2 Å². The van der Waals surface area contributed by atoms with Gasteiger partial charge in [0.1, 0.15) is 13.2 Å². The highest BCUT2D eigenvalue weighted by atomic mass is 16.6. The monoisotopic (exact) mass is 929 g/mol. The maximum atomic E-state index is 12.8. The van der Waals surface area contributed by atoms with Gasteiger partial charge in [-0.3, -0.25) is 14.4 Å². The van der Waals surface area contributed by atoms with Gasteiger partial charge in [-0.05, 0) is 103 Å². The van der Waals surface area contributed by atoms with Gasteiger partial charge in [0.25, 0.3) is 0 Å². The summed E-state index contributed by atoms with van der Waals surface area (Å²) in [6, 6.07) is 0. The summed E-state index contributed by atoms with van der Waals surface area (Å²) in [5, 5.41) is 0. The molecule has 6 nitrogen and oxygen atoms in total. The van der Waals surface area contributed by atoms with E-state index in [1.54, 1.807) is 0 Å². The molecule has 0 aliphatic heterocycles. The minimum atomic E-state index is -0.805. The molecule has 6 heteroatoms. The molecule has 0 spiro atoms. The van der Waals surface area contributed by atoms with E-state index in [-0.39, 0.29) is 37.5 Å². The number of allylic oxidation sites excluding steroid dienone is 18. The average Bonchev–Trinajstić information content (AvgIpc) is 3.33. The molecule has 0 aromatic carbocycles. The SMILES string of the molecule is CC/C=C\C/C=C\C/C=C\C/C=C\C/C=C\C/C=C\C/C=C\CCCC(=O)OCC(COC(=O)CCCCCCCCCCC)OC(=O)CCCCCCCCC/C=C\C/C=C\CCCCC. The van der Waals surface area contributed by atoms with Crippen molar-refractivity contribution in [2.75, 3.05) is 13.2 Å². The van der Waals surface area contributed by atoms with Crippen LogP contribution in [0, 0.1) is 0 Å². The summed E-state index contributed by atoms with van der Waals surface area (Å²) in [6.45, 7) is 6.42. The Kier molecular flexibility index (Phi) is 51.5. The van der Waals surface area contributed by atoms with Crippen molar-refractivity contribution in [2.45, 2.75) is 245 Å². The summed E-state index contributed by atoms with van der Waals surface area (Å²) < 4.78 is 16.7. The van der Waals surface area contributed by atoms with Gasteiger partial charge in [-0.25, -0.2) is 0 Å². The molecule has 0 aromatic rings. The minimum Gasteiger partial charge on any atom is -0.462 e. The lowest BCUT2D eigenvalue weighted by Crippen LogP contribution is -2.30. The molecule has 0 saturated carbocycles. The molecule has 0 bridgehead atoms. The molecule has 0 heterocycles. The molecule has 1 atom stereocenters. The van der Waals surface area contributed by atoms with Crippen molar-refractivity contribution in [3.8, 4) is 0 Å². The Hall–Kier alpha value is -3.93. The van der Waals surface area contributed by atoms with Crippen LogP contribution in [0.25, 0.3) is 0 Å². The molecule has 67 heavy (non-hydrogen) atoms. The van der Waals surface area contributed by atoms with Crippen molar-refractivity contribution < 1.29 is 28.6 Å².